The monoisotopic (exact) mass is 383 g/mol. The van der Waals surface area contributed by atoms with Gasteiger partial charge in [-0.3, -0.25) is 19.3 Å². The molecule has 8 nitrogen and oxygen atoms in total. The first-order chi connectivity index (χ1) is 13.5. The van der Waals surface area contributed by atoms with Crippen molar-refractivity contribution in [1.29, 1.82) is 0 Å². The van der Waals surface area contributed by atoms with E-state index in [9.17, 15) is 14.4 Å². The second-order valence-electron chi connectivity index (χ2n) is 6.26. The van der Waals surface area contributed by atoms with E-state index < -0.39 is 17.7 Å². The van der Waals surface area contributed by atoms with E-state index in [-0.39, 0.29) is 23.4 Å². The summed E-state index contributed by atoms with van der Waals surface area (Å²) in [5, 5.41) is 2.72. The molecule has 0 atom stereocenters. The molecule has 1 heterocycles. The van der Waals surface area contributed by atoms with Crippen molar-refractivity contribution in [3.8, 4) is 11.5 Å². The number of nitrogens with zero attached hydrogens (tertiary/aromatic N) is 1. The van der Waals surface area contributed by atoms with Gasteiger partial charge in [-0.1, -0.05) is 12.1 Å². The molecule has 3 amide bonds. The van der Waals surface area contributed by atoms with E-state index in [0.29, 0.717) is 24.5 Å². The van der Waals surface area contributed by atoms with Crippen LogP contribution in [-0.2, 0) is 11.2 Å². The number of anilines is 1. The average molecular weight is 383 g/mol. The number of carbonyl (C=O) groups excluding carboxylic acids is 3. The number of nitrogen functional groups attached to an aromatic ring is 1. The molecule has 0 unspecified atom stereocenters. The Morgan fingerprint density at radius 3 is 2.50 bits per heavy atom. The van der Waals surface area contributed by atoms with Crippen LogP contribution in [0.25, 0.3) is 0 Å². The Balaban J connectivity index is 1.56. The summed E-state index contributed by atoms with van der Waals surface area (Å²) in [4.78, 5) is 37.9. The van der Waals surface area contributed by atoms with Crippen molar-refractivity contribution in [2.75, 3.05) is 33.0 Å². The fourth-order valence-electron chi connectivity index (χ4n) is 3.09. The van der Waals surface area contributed by atoms with Crippen molar-refractivity contribution in [1.82, 2.24) is 10.2 Å². The number of hydrogen-bond donors (Lipinski definition) is 2. The van der Waals surface area contributed by atoms with Crippen LogP contribution in [0.15, 0.2) is 36.4 Å². The molecule has 3 rings (SSSR count). The van der Waals surface area contributed by atoms with E-state index in [1.165, 1.54) is 6.07 Å². The SMILES string of the molecule is COc1ccc(CCNC(=O)CN2C(=O)c3cccc(N)c3C2=O)cc1OC. The molecule has 0 fully saturated rings. The normalized spacial score (nSPS) is 12.7. The van der Waals surface area contributed by atoms with Crippen LogP contribution in [0.3, 0.4) is 0 Å². The number of amides is 3. The van der Waals surface area contributed by atoms with Gasteiger partial charge < -0.3 is 20.5 Å². The highest BCUT2D eigenvalue weighted by molar-refractivity contribution is 6.24. The Hall–Kier alpha value is -3.55. The maximum Gasteiger partial charge on any atom is 0.264 e. The Morgan fingerprint density at radius 2 is 1.82 bits per heavy atom. The molecular weight excluding hydrogens is 362 g/mol. The maximum atomic E-state index is 12.4. The van der Waals surface area contributed by atoms with Crippen LogP contribution in [0, 0.1) is 0 Å². The van der Waals surface area contributed by atoms with Crippen LogP contribution in [0.5, 0.6) is 11.5 Å². The van der Waals surface area contributed by atoms with E-state index in [4.69, 9.17) is 15.2 Å². The second kappa shape index (κ2) is 7.99. The number of nitrogens with two attached hydrogens (primary N) is 1. The van der Waals surface area contributed by atoms with E-state index in [1.807, 2.05) is 12.1 Å². The van der Waals surface area contributed by atoms with E-state index in [2.05, 4.69) is 5.32 Å². The lowest BCUT2D eigenvalue weighted by Gasteiger charge is -2.14. The smallest absolute Gasteiger partial charge is 0.264 e. The van der Waals surface area contributed by atoms with Crippen molar-refractivity contribution in [3.63, 3.8) is 0 Å². The molecule has 1 aliphatic rings. The predicted molar refractivity (Wildman–Crippen MR) is 102 cm³/mol. The number of methoxy groups -OCH3 is 2. The minimum Gasteiger partial charge on any atom is -0.493 e. The zero-order valence-corrected chi connectivity index (χ0v) is 15.7. The van der Waals surface area contributed by atoms with Crippen molar-refractivity contribution in [3.05, 3.63) is 53.1 Å². The van der Waals surface area contributed by atoms with Gasteiger partial charge in [0.1, 0.15) is 6.54 Å². The molecule has 0 aliphatic carbocycles. The summed E-state index contributed by atoms with van der Waals surface area (Å²) in [5.41, 5.74) is 7.35. The van der Waals surface area contributed by atoms with Crippen LogP contribution >= 0.6 is 0 Å². The number of fused-ring (bicyclic) bond motifs is 1. The summed E-state index contributed by atoms with van der Waals surface area (Å²) < 4.78 is 10.4. The highest BCUT2D eigenvalue weighted by atomic mass is 16.5. The molecule has 0 saturated heterocycles. The number of carbonyl (C=O) groups is 3. The molecule has 146 valence electrons. The molecule has 8 heteroatoms. The van der Waals surface area contributed by atoms with Crippen LogP contribution in [0.4, 0.5) is 5.69 Å². The average Bonchev–Trinajstić information content (AvgIpc) is 2.93. The van der Waals surface area contributed by atoms with Gasteiger partial charge in [0.15, 0.2) is 11.5 Å². The summed E-state index contributed by atoms with van der Waals surface area (Å²) in [5.74, 6) is -0.251. The first kappa shape index (κ1) is 19.2. The number of hydrogen-bond acceptors (Lipinski definition) is 6. The summed E-state index contributed by atoms with van der Waals surface area (Å²) in [6, 6.07) is 10.2. The van der Waals surface area contributed by atoms with E-state index in [1.54, 1.807) is 32.4 Å². The number of benzene rings is 2. The van der Waals surface area contributed by atoms with Crippen molar-refractivity contribution < 1.29 is 23.9 Å². The minimum atomic E-state index is -0.548. The van der Waals surface area contributed by atoms with E-state index in [0.717, 1.165) is 10.5 Å². The van der Waals surface area contributed by atoms with Gasteiger partial charge in [0.2, 0.25) is 5.91 Å². The van der Waals surface area contributed by atoms with Gasteiger partial charge in [-0.15, -0.1) is 0 Å². The van der Waals surface area contributed by atoms with Gasteiger partial charge in [-0.25, -0.2) is 0 Å². The Labute approximate surface area is 162 Å². The Kier molecular flexibility index (Phi) is 5.49. The third-order valence-corrected chi connectivity index (χ3v) is 4.52. The number of rotatable bonds is 7. The van der Waals surface area contributed by atoms with Gasteiger partial charge in [-0.05, 0) is 36.2 Å². The number of nitrogens with one attached hydrogen (secondary N) is 1. The first-order valence-corrected chi connectivity index (χ1v) is 8.68. The molecule has 0 bridgehead atoms. The van der Waals surface area contributed by atoms with Crippen molar-refractivity contribution >= 4 is 23.4 Å². The molecule has 2 aromatic carbocycles. The molecule has 3 N–H and O–H groups in total. The summed E-state index contributed by atoms with van der Waals surface area (Å²) in [6.45, 7) is -0.00263. The molecular formula is C20H21N3O5. The molecule has 0 radical (unpaired) electrons. The van der Waals surface area contributed by atoms with Crippen molar-refractivity contribution in [2.45, 2.75) is 6.42 Å². The van der Waals surface area contributed by atoms with Crippen LogP contribution in [0.1, 0.15) is 26.3 Å². The zero-order chi connectivity index (χ0) is 20.3. The number of imide groups is 1. The summed E-state index contributed by atoms with van der Waals surface area (Å²) in [6.07, 6.45) is 0.557. The second-order valence-corrected chi connectivity index (χ2v) is 6.26. The maximum absolute atomic E-state index is 12.4. The standard InChI is InChI=1S/C20H21N3O5/c1-27-15-7-6-12(10-16(15)28-2)8-9-22-17(24)11-23-19(25)13-4-3-5-14(21)18(13)20(23)26/h3-7,10H,8-9,11,21H2,1-2H3,(H,22,24). The summed E-state index contributed by atoms with van der Waals surface area (Å²) >= 11 is 0. The molecule has 1 aliphatic heterocycles. The van der Waals surface area contributed by atoms with Gasteiger partial charge in [0.25, 0.3) is 11.8 Å². The molecule has 0 spiro atoms. The lowest BCUT2D eigenvalue weighted by molar-refractivity contribution is -0.121. The van der Waals surface area contributed by atoms with Crippen LogP contribution in [-0.4, -0.2) is 49.9 Å². The fraction of sp³-hybridized carbons (Fsp3) is 0.250. The topological polar surface area (TPSA) is 111 Å². The highest BCUT2D eigenvalue weighted by Crippen LogP contribution is 2.28. The molecule has 0 aromatic heterocycles. The first-order valence-electron chi connectivity index (χ1n) is 8.68. The van der Waals surface area contributed by atoms with Crippen LogP contribution in [0.2, 0.25) is 0 Å². The van der Waals surface area contributed by atoms with Crippen LogP contribution < -0.4 is 20.5 Å². The molecule has 0 saturated carbocycles. The lowest BCUT2D eigenvalue weighted by Crippen LogP contribution is -2.40. The Bertz CT molecular complexity index is 941. The third-order valence-electron chi connectivity index (χ3n) is 4.52. The third kappa shape index (κ3) is 3.62. The number of ether oxygens (including phenoxy) is 2. The van der Waals surface area contributed by atoms with Gasteiger partial charge >= 0.3 is 0 Å². The highest BCUT2D eigenvalue weighted by Gasteiger charge is 2.37. The van der Waals surface area contributed by atoms with Gasteiger partial charge in [0, 0.05) is 12.2 Å². The Morgan fingerprint density at radius 1 is 1.07 bits per heavy atom. The fourth-order valence-corrected chi connectivity index (χ4v) is 3.09. The quantitative estimate of drug-likeness (QED) is 0.550. The largest absolute Gasteiger partial charge is 0.493 e. The lowest BCUT2D eigenvalue weighted by atomic mass is 10.1. The van der Waals surface area contributed by atoms with Gasteiger partial charge in [0.05, 0.1) is 25.3 Å². The zero-order valence-electron chi connectivity index (χ0n) is 15.7. The molecule has 28 heavy (non-hydrogen) atoms. The minimum absolute atomic E-state index is 0.158. The van der Waals surface area contributed by atoms with Crippen molar-refractivity contribution in [2.24, 2.45) is 0 Å². The predicted octanol–water partition coefficient (Wildman–Crippen LogP) is 1.24. The van der Waals surface area contributed by atoms with E-state index >= 15 is 0 Å². The molecule has 2 aromatic rings. The van der Waals surface area contributed by atoms with Gasteiger partial charge in [-0.2, -0.15) is 0 Å². The summed E-state index contributed by atoms with van der Waals surface area (Å²) in [7, 11) is 3.11.